The molecule has 1 amide bonds. The third-order valence-electron chi connectivity index (χ3n) is 5.50. The summed E-state index contributed by atoms with van der Waals surface area (Å²) in [6.07, 6.45) is 3.68. The Hall–Kier alpha value is -2.04. The molecule has 1 fully saturated rings. The van der Waals surface area contributed by atoms with E-state index >= 15 is 0 Å². The van der Waals surface area contributed by atoms with E-state index in [-0.39, 0.29) is 18.6 Å². The zero-order valence-electron chi connectivity index (χ0n) is 17.4. The van der Waals surface area contributed by atoms with E-state index in [2.05, 4.69) is 36.2 Å². The van der Waals surface area contributed by atoms with Gasteiger partial charge in [0.2, 0.25) is 0 Å². The monoisotopic (exact) mass is 414 g/mol. The summed E-state index contributed by atoms with van der Waals surface area (Å²) in [6.45, 7) is 7.01. The molecule has 1 atom stereocenters. The highest BCUT2D eigenvalue weighted by Gasteiger charge is 2.23. The Labute approximate surface area is 179 Å². The Morgan fingerprint density at radius 3 is 2.24 bits per heavy atom. The summed E-state index contributed by atoms with van der Waals surface area (Å²) < 4.78 is 5.66. The van der Waals surface area contributed by atoms with E-state index in [0.29, 0.717) is 12.5 Å². The lowest BCUT2D eigenvalue weighted by Crippen LogP contribution is -2.41. The molecule has 0 spiro atoms. The Morgan fingerprint density at radius 2 is 1.62 bits per heavy atom. The van der Waals surface area contributed by atoms with Gasteiger partial charge in [-0.15, -0.1) is 0 Å². The summed E-state index contributed by atoms with van der Waals surface area (Å²) in [6, 6.07) is 16.0. The summed E-state index contributed by atoms with van der Waals surface area (Å²) >= 11 is 6.06. The Morgan fingerprint density at radius 1 is 1.00 bits per heavy atom. The topological polar surface area (TPSA) is 41.6 Å². The molecule has 0 radical (unpaired) electrons. The fourth-order valence-electron chi connectivity index (χ4n) is 3.73. The number of piperidine rings is 1. The predicted molar refractivity (Wildman–Crippen MR) is 119 cm³/mol. The van der Waals surface area contributed by atoms with E-state index in [1.54, 1.807) is 0 Å². The quantitative estimate of drug-likeness (QED) is 0.646. The Balaban J connectivity index is 1.55. The average Bonchev–Trinajstić information content (AvgIpc) is 2.74. The molecule has 1 unspecified atom stereocenters. The van der Waals surface area contributed by atoms with E-state index in [4.69, 9.17) is 16.3 Å². The van der Waals surface area contributed by atoms with Gasteiger partial charge >= 0.3 is 0 Å². The van der Waals surface area contributed by atoms with Crippen LogP contribution in [-0.2, 0) is 4.79 Å². The Kier molecular flexibility index (Phi) is 7.96. The number of halogens is 1. The summed E-state index contributed by atoms with van der Waals surface area (Å²) in [4.78, 5) is 14.8. The molecule has 1 aliphatic heterocycles. The van der Waals surface area contributed by atoms with Crippen LogP contribution in [0.1, 0.15) is 56.2 Å². The van der Waals surface area contributed by atoms with Gasteiger partial charge in [0.15, 0.2) is 6.61 Å². The fraction of sp³-hybridized carbons (Fsp3) is 0.458. The van der Waals surface area contributed by atoms with Gasteiger partial charge in [0.25, 0.3) is 5.91 Å². The average molecular weight is 415 g/mol. The highest BCUT2D eigenvalue weighted by molar-refractivity contribution is 6.30. The van der Waals surface area contributed by atoms with Crippen LogP contribution in [0.4, 0.5) is 0 Å². The van der Waals surface area contributed by atoms with Gasteiger partial charge in [-0.1, -0.05) is 56.1 Å². The molecule has 0 saturated carbocycles. The summed E-state index contributed by atoms with van der Waals surface area (Å²) in [5, 5.41) is 3.78. The predicted octanol–water partition coefficient (Wildman–Crippen LogP) is 5.19. The minimum absolute atomic E-state index is 0.0222. The molecule has 1 aliphatic rings. The van der Waals surface area contributed by atoms with Crippen molar-refractivity contribution in [2.45, 2.75) is 45.1 Å². The number of ether oxygens (including phenoxy) is 1. The van der Waals surface area contributed by atoms with Crippen LogP contribution in [-0.4, -0.2) is 37.0 Å². The number of hydrogen-bond donors (Lipinski definition) is 1. The first-order chi connectivity index (χ1) is 14.0. The van der Waals surface area contributed by atoms with E-state index in [1.807, 2.05) is 36.4 Å². The van der Waals surface area contributed by atoms with Crippen LogP contribution in [0.3, 0.4) is 0 Å². The fourth-order valence-corrected chi connectivity index (χ4v) is 3.86. The summed E-state index contributed by atoms with van der Waals surface area (Å²) in [7, 11) is 0. The lowest BCUT2D eigenvalue weighted by molar-refractivity contribution is -0.123. The molecule has 156 valence electrons. The molecule has 1 saturated heterocycles. The Bertz CT molecular complexity index is 768. The van der Waals surface area contributed by atoms with E-state index < -0.39 is 0 Å². The SMILES string of the molecule is CC(C)c1ccc(OCC(=O)NCC(c2ccc(Cl)cc2)N2CCCCC2)cc1. The maximum absolute atomic E-state index is 12.4. The van der Waals surface area contributed by atoms with Crippen molar-refractivity contribution in [3.63, 3.8) is 0 Å². The van der Waals surface area contributed by atoms with Crippen molar-refractivity contribution in [1.82, 2.24) is 10.2 Å². The van der Waals surface area contributed by atoms with Crippen molar-refractivity contribution in [2.75, 3.05) is 26.2 Å². The minimum atomic E-state index is -0.103. The van der Waals surface area contributed by atoms with Crippen LogP contribution >= 0.6 is 11.6 Å². The van der Waals surface area contributed by atoms with Crippen molar-refractivity contribution in [2.24, 2.45) is 0 Å². The highest BCUT2D eigenvalue weighted by Crippen LogP contribution is 2.25. The first-order valence-electron chi connectivity index (χ1n) is 10.5. The molecule has 0 aliphatic carbocycles. The first kappa shape index (κ1) is 21.7. The molecule has 2 aromatic carbocycles. The molecular weight excluding hydrogens is 384 g/mol. The summed E-state index contributed by atoms with van der Waals surface area (Å²) in [5.41, 5.74) is 2.44. The van der Waals surface area contributed by atoms with Crippen LogP contribution in [0.25, 0.3) is 0 Å². The van der Waals surface area contributed by atoms with Crippen LogP contribution in [0, 0.1) is 0 Å². The third-order valence-corrected chi connectivity index (χ3v) is 5.75. The molecule has 3 rings (SSSR count). The van der Waals surface area contributed by atoms with Gasteiger partial charge in [0.05, 0.1) is 6.04 Å². The number of carbonyl (C=O) groups excluding carboxylic acids is 1. The van der Waals surface area contributed by atoms with Gasteiger partial charge in [-0.2, -0.15) is 0 Å². The van der Waals surface area contributed by atoms with Crippen LogP contribution in [0.15, 0.2) is 48.5 Å². The molecule has 5 heteroatoms. The number of benzene rings is 2. The number of hydrogen-bond acceptors (Lipinski definition) is 3. The van der Waals surface area contributed by atoms with Gasteiger partial charge < -0.3 is 10.1 Å². The molecule has 0 aromatic heterocycles. The van der Waals surface area contributed by atoms with E-state index in [9.17, 15) is 4.79 Å². The minimum Gasteiger partial charge on any atom is -0.484 e. The normalized spacial score (nSPS) is 15.9. The summed E-state index contributed by atoms with van der Waals surface area (Å²) in [5.74, 6) is 1.09. The number of carbonyl (C=O) groups is 1. The maximum atomic E-state index is 12.4. The van der Waals surface area contributed by atoms with Crippen molar-refractivity contribution in [3.8, 4) is 5.75 Å². The van der Waals surface area contributed by atoms with Crippen molar-refractivity contribution in [1.29, 1.82) is 0 Å². The number of amides is 1. The smallest absolute Gasteiger partial charge is 0.258 e. The van der Waals surface area contributed by atoms with Gasteiger partial charge in [-0.25, -0.2) is 0 Å². The molecular formula is C24H31ClN2O2. The van der Waals surface area contributed by atoms with Crippen molar-refractivity contribution in [3.05, 3.63) is 64.7 Å². The zero-order valence-corrected chi connectivity index (χ0v) is 18.1. The lowest BCUT2D eigenvalue weighted by atomic mass is 10.0. The maximum Gasteiger partial charge on any atom is 0.258 e. The second-order valence-corrected chi connectivity index (χ2v) is 8.42. The first-order valence-corrected chi connectivity index (χ1v) is 10.9. The van der Waals surface area contributed by atoms with Gasteiger partial charge in [0.1, 0.15) is 5.75 Å². The third kappa shape index (κ3) is 6.48. The van der Waals surface area contributed by atoms with Crippen molar-refractivity contribution < 1.29 is 9.53 Å². The number of nitrogens with one attached hydrogen (secondary N) is 1. The van der Waals surface area contributed by atoms with Gasteiger partial charge in [0, 0.05) is 11.6 Å². The molecule has 1 heterocycles. The van der Waals surface area contributed by atoms with Crippen molar-refractivity contribution >= 4 is 17.5 Å². The molecule has 2 aromatic rings. The highest BCUT2D eigenvalue weighted by atomic mass is 35.5. The second-order valence-electron chi connectivity index (χ2n) is 7.98. The van der Waals surface area contributed by atoms with E-state index in [1.165, 1.54) is 30.4 Å². The number of rotatable bonds is 8. The largest absolute Gasteiger partial charge is 0.484 e. The molecule has 1 N–H and O–H groups in total. The van der Waals surface area contributed by atoms with Crippen LogP contribution in [0.2, 0.25) is 5.02 Å². The van der Waals surface area contributed by atoms with Gasteiger partial charge in [-0.3, -0.25) is 9.69 Å². The zero-order chi connectivity index (χ0) is 20.6. The standard InChI is InChI=1S/C24H31ClN2O2/c1-18(2)19-8-12-22(13-9-19)29-17-24(28)26-16-23(27-14-4-3-5-15-27)20-6-10-21(25)11-7-20/h6-13,18,23H,3-5,14-17H2,1-2H3,(H,26,28). The van der Waals surface area contributed by atoms with Gasteiger partial charge in [-0.05, 0) is 67.2 Å². The molecule has 29 heavy (non-hydrogen) atoms. The number of nitrogens with zero attached hydrogens (tertiary/aromatic N) is 1. The molecule has 4 nitrogen and oxygen atoms in total. The lowest BCUT2D eigenvalue weighted by Gasteiger charge is -2.35. The van der Waals surface area contributed by atoms with E-state index in [0.717, 1.165) is 23.9 Å². The van der Waals surface area contributed by atoms with Crippen LogP contribution < -0.4 is 10.1 Å². The number of likely N-dealkylation sites (tertiary alicyclic amines) is 1. The second kappa shape index (κ2) is 10.7. The van der Waals surface area contributed by atoms with Crippen LogP contribution in [0.5, 0.6) is 5.75 Å². The molecule has 0 bridgehead atoms.